The molecule has 0 amide bonds. The third kappa shape index (κ3) is 4.24. The number of nitrogens with zero attached hydrogens (tertiary/aromatic N) is 1. The molecule has 0 bridgehead atoms. The van der Waals surface area contributed by atoms with E-state index in [0.29, 0.717) is 5.56 Å². The largest absolute Gasteiger partial charge is 0.490 e. The molecule has 1 aromatic rings. The number of carboxylic acids is 1. The molecule has 20 heavy (non-hydrogen) atoms. The fourth-order valence-corrected chi connectivity index (χ4v) is 1.38. The molecule has 0 heterocycles. The van der Waals surface area contributed by atoms with Crippen molar-refractivity contribution in [3.8, 4) is 17.6 Å². The van der Waals surface area contributed by atoms with Crippen LogP contribution in [-0.2, 0) is 4.79 Å². The zero-order valence-corrected chi connectivity index (χ0v) is 10.5. The van der Waals surface area contributed by atoms with Crippen LogP contribution in [-0.4, -0.2) is 24.3 Å². The summed E-state index contributed by atoms with van der Waals surface area (Å²) in [7, 11) is 0. The van der Waals surface area contributed by atoms with E-state index in [-0.39, 0.29) is 18.1 Å². The average molecular weight is 283 g/mol. The first-order valence-electron chi connectivity index (χ1n) is 5.54. The zero-order valence-electron chi connectivity index (χ0n) is 10.5. The lowest BCUT2D eigenvalue weighted by atomic mass is 10.1. The molecular weight excluding hydrogens is 272 g/mol. The fourth-order valence-electron chi connectivity index (χ4n) is 1.38. The molecule has 7 heteroatoms. The van der Waals surface area contributed by atoms with Gasteiger partial charge >= 0.3 is 12.6 Å². The second-order valence-corrected chi connectivity index (χ2v) is 3.49. The van der Waals surface area contributed by atoms with Crippen LogP contribution in [0.4, 0.5) is 8.78 Å². The highest BCUT2D eigenvalue weighted by Gasteiger charge is 2.12. The lowest BCUT2D eigenvalue weighted by Crippen LogP contribution is -2.04. The van der Waals surface area contributed by atoms with Crippen LogP contribution in [0.5, 0.6) is 11.5 Å². The molecule has 0 aliphatic heterocycles. The van der Waals surface area contributed by atoms with Gasteiger partial charge in [-0.05, 0) is 30.7 Å². The Hall–Kier alpha value is -2.62. The summed E-state index contributed by atoms with van der Waals surface area (Å²) in [6.07, 6.45) is 1.11. The average Bonchev–Trinajstić information content (AvgIpc) is 2.38. The number of nitriles is 1. The Morgan fingerprint density at radius 3 is 2.70 bits per heavy atom. The number of aliphatic carboxylic acids is 1. The second-order valence-electron chi connectivity index (χ2n) is 3.49. The summed E-state index contributed by atoms with van der Waals surface area (Å²) in [6, 6.07) is 5.41. The molecular formula is C13H11F2NO4. The summed E-state index contributed by atoms with van der Waals surface area (Å²) in [5.74, 6) is -1.49. The van der Waals surface area contributed by atoms with Crippen molar-refractivity contribution in [3.63, 3.8) is 0 Å². The van der Waals surface area contributed by atoms with Gasteiger partial charge in [0.2, 0.25) is 0 Å². The number of benzene rings is 1. The molecule has 0 radical (unpaired) electrons. The van der Waals surface area contributed by atoms with Crippen molar-refractivity contribution < 1.29 is 28.2 Å². The molecule has 0 aliphatic carbocycles. The van der Waals surface area contributed by atoms with Gasteiger partial charge in [-0.2, -0.15) is 14.0 Å². The van der Waals surface area contributed by atoms with E-state index in [0.717, 1.165) is 6.08 Å². The molecule has 0 saturated carbocycles. The Labute approximate surface area is 113 Å². The summed E-state index contributed by atoms with van der Waals surface area (Å²) in [5, 5.41) is 17.4. The Morgan fingerprint density at radius 2 is 2.20 bits per heavy atom. The molecule has 0 aromatic heterocycles. The van der Waals surface area contributed by atoms with E-state index in [1.807, 2.05) is 0 Å². The molecule has 1 rings (SSSR count). The Kier molecular flexibility index (Phi) is 5.47. The van der Waals surface area contributed by atoms with Crippen LogP contribution >= 0.6 is 0 Å². The zero-order chi connectivity index (χ0) is 15.1. The van der Waals surface area contributed by atoms with Gasteiger partial charge in [0.25, 0.3) is 0 Å². The van der Waals surface area contributed by atoms with Crippen molar-refractivity contribution in [3.05, 3.63) is 29.3 Å². The summed E-state index contributed by atoms with van der Waals surface area (Å²) < 4.78 is 33.8. The maximum atomic E-state index is 12.2. The van der Waals surface area contributed by atoms with Crippen LogP contribution in [0.1, 0.15) is 12.5 Å². The predicted octanol–water partition coefficient (Wildman–Crippen LogP) is 2.68. The van der Waals surface area contributed by atoms with Gasteiger partial charge in [0.1, 0.15) is 11.6 Å². The first kappa shape index (κ1) is 15.4. The van der Waals surface area contributed by atoms with Gasteiger partial charge in [-0.25, -0.2) is 4.79 Å². The van der Waals surface area contributed by atoms with E-state index in [4.69, 9.17) is 15.1 Å². The molecule has 106 valence electrons. The Balaban J connectivity index is 3.16. The van der Waals surface area contributed by atoms with E-state index >= 15 is 0 Å². The van der Waals surface area contributed by atoms with Gasteiger partial charge in [-0.3, -0.25) is 0 Å². The number of hydrogen-bond acceptors (Lipinski definition) is 4. The second kappa shape index (κ2) is 7.09. The quantitative estimate of drug-likeness (QED) is 0.641. The van der Waals surface area contributed by atoms with Crippen LogP contribution in [0, 0.1) is 11.3 Å². The highest BCUT2D eigenvalue weighted by molar-refractivity contribution is 5.96. The van der Waals surface area contributed by atoms with E-state index < -0.39 is 18.2 Å². The normalized spacial score (nSPS) is 11.1. The molecule has 5 nitrogen and oxygen atoms in total. The number of carboxylic acid groups (broad SMARTS) is 1. The number of ether oxygens (including phenoxy) is 2. The van der Waals surface area contributed by atoms with E-state index in [1.165, 1.54) is 24.3 Å². The summed E-state index contributed by atoms with van der Waals surface area (Å²) in [6.45, 7) is -1.12. The first-order chi connectivity index (χ1) is 9.47. The predicted molar refractivity (Wildman–Crippen MR) is 65.5 cm³/mol. The lowest BCUT2D eigenvalue weighted by molar-refractivity contribution is -0.132. The number of carbonyl (C=O) groups is 1. The Morgan fingerprint density at radius 1 is 1.50 bits per heavy atom. The molecule has 0 saturated heterocycles. The van der Waals surface area contributed by atoms with Crippen molar-refractivity contribution in [1.29, 1.82) is 5.26 Å². The maximum absolute atomic E-state index is 12.2. The monoisotopic (exact) mass is 283 g/mol. The summed E-state index contributed by atoms with van der Waals surface area (Å²) in [5.41, 5.74) is -0.149. The van der Waals surface area contributed by atoms with Crippen LogP contribution < -0.4 is 9.47 Å². The fraction of sp³-hybridized carbons (Fsp3) is 0.231. The minimum atomic E-state index is -3.00. The molecule has 0 aliphatic rings. The molecule has 0 unspecified atom stereocenters. The van der Waals surface area contributed by atoms with Crippen molar-refractivity contribution in [2.24, 2.45) is 0 Å². The summed E-state index contributed by atoms with van der Waals surface area (Å²) in [4.78, 5) is 10.7. The Bertz CT molecular complexity index is 564. The van der Waals surface area contributed by atoms with E-state index in [2.05, 4.69) is 4.74 Å². The molecule has 0 atom stereocenters. The van der Waals surface area contributed by atoms with Crippen molar-refractivity contribution in [1.82, 2.24) is 0 Å². The third-order valence-corrected chi connectivity index (χ3v) is 2.15. The maximum Gasteiger partial charge on any atom is 0.387 e. The van der Waals surface area contributed by atoms with Crippen molar-refractivity contribution >= 4 is 12.0 Å². The third-order valence-electron chi connectivity index (χ3n) is 2.15. The number of alkyl halides is 2. The number of rotatable bonds is 6. The standard InChI is InChI=1S/C13H11F2NO4/c1-2-19-11-6-8(5-9(7-16)12(17)18)3-4-10(11)20-13(14)15/h3-6,13H,2H2,1H3,(H,17,18)/b9-5+. The van der Waals surface area contributed by atoms with Gasteiger partial charge in [0.05, 0.1) is 6.61 Å². The van der Waals surface area contributed by atoms with Gasteiger partial charge in [-0.15, -0.1) is 0 Å². The minimum absolute atomic E-state index is 0.0456. The lowest BCUT2D eigenvalue weighted by Gasteiger charge is -2.11. The van der Waals surface area contributed by atoms with Crippen LogP contribution in [0.25, 0.3) is 6.08 Å². The number of halogens is 2. The highest BCUT2D eigenvalue weighted by atomic mass is 19.3. The van der Waals surface area contributed by atoms with E-state index in [9.17, 15) is 13.6 Å². The van der Waals surface area contributed by atoms with Crippen LogP contribution in [0.2, 0.25) is 0 Å². The first-order valence-corrected chi connectivity index (χ1v) is 5.54. The van der Waals surface area contributed by atoms with Gasteiger partial charge in [0.15, 0.2) is 11.5 Å². The van der Waals surface area contributed by atoms with Gasteiger partial charge < -0.3 is 14.6 Å². The molecule has 0 spiro atoms. The number of hydrogen-bond donors (Lipinski definition) is 1. The highest BCUT2D eigenvalue weighted by Crippen LogP contribution is 2.30. The minimum Gasteiger partial charge on any atom is -0.490 e. The van der Waals surface area contributed by atoms with Gasteiger partial charge in [-0.1, -0.05) is 6.07 Å². The SMILES string of the molecule is CCOc1cc(/C=C(\C#N)C(=O)O)ccc1OC(F)F. The van der Waals surface area contributed by atoms with E-state index in [1.54, 1.807) is 6.92 Å². The van der Waals surface area contributed by atoms with Crippen molar-refractivity contribution in [2.75, 3.05) is 6.61 Å². The molecule has 0 fully saturated rings. The summed E-state index contributed by atoms with van der Waals surface area (Å²) >= 11 is 0. The van der Waals surface area contributed by atoms with Crippen LogP contribution in [0.3, 0.4) is 0 Å². The molecule has 1 N–H and O–H groups in total. The topological polar surface area (TPSA) is 79.5 Å². The smallest absolute Gasteiger partial charge is 0.387 e. The molecule has 1 aromatic carbocycles. The van der Waals surface area contributed by atoms with Gasteiger partial charge in [0, 0.05) is 0 Å². The van der Waals surface area contributed by atoms with Crippen molar-refractivity contribution in [2.45, 2.75) is 13.5 Å². The van der Waals surface area contributed by atoms with Crippen LogP contribution in [0.15, 0.2) is 23.8 Å².